The van der Waals surface area contributed by atoms with E-state index in [0.717, 1.165) is 21.5 Å². The molecule has 2 aromatic rings. The Morgan fingerprint density at radius 1 is 1.32 bits per heavy atom. The van der Waals surface area contributed by atoms with Gasteiger partial charge < -0.3 is 15.2 Å². The van der Waals surface area contributed by atoms with Crippen LogP contribution in [0.4, 0.5) is 5.82 Å². The van der Waals surface area contributed by atoms with Crippen molar-refractivity contribution in [2.24, 2.45) is 0 Å². The summed E-state index contributed by atoms with van der Waals surface area (Å²) in [6.07, 6.45) is 1.70. The van der Waals surface area contributed by atoms with Crippen LogP contribution in [0.25, 0.3) is 0 Å². The van der Waals surface area contributed by atoms with Crippen molar-refractivity contribution in [3.8, 4) is 11.5 Å². The SMILES string of the molecule is CC(c1ccc2c(c1)OCCO2)n1ncc(Br)c1N. The lowest BCUT2D eigenvalue weighted by Gasteiger charge is -2.21. The number of ether oxygens (including phenoxy) is 2. The highest BCUT2D eigenvalue weighted by atomic mass is 79.9. The van der Waals surface area contributed by atoms with Crippen LogP contribution >= 0.6 is 15.9 Å². The zero-order chi connectivity index (χ0) is 13.4. The van der Waals surface area contributed by atoms with E-state index in [-0.39, 0.29) is 6.04 Å². The molecule has 6 heteroatoms. The van der Waals surface area contributed by atoms with Crippen LogP contribution in [0.3, 0.4) is 0 Å². The van der Waals surface area contributed by atoms with Gasteiger partial charge in [0.15, 0.2) is 11.5 Å². The zero-order valence-corrected chi connectivity index (χ0v) is 12.1. The number of nitrogens with zero attached hydrogens (tertiary/aromatic N) is 2. The molecule has 1 aromatic carbocycles. The van der Waals surface area contributed by atoms with Crippen molar-refractivity contribution >= 4 is 21.7 Å². The van der Waals surface area contributed by atoms with E-state index in [9.17, 15) is 0 Å². The monoisotopic (exact) mass is 323 g/mol. The molecule has 2 heterocycles. The predicted molar refractivity (Wildman–Crippen MR) is 75.6 cm³/mol. The number of anilines is 1. The maximum absolute atomic E-state index is 5.98. The number of hydrogen-bond donors (Lipinski definition) is 1. The Labute approximate surface area is 119 Å². The first-order chi connectivity index (χ1) is 9.16. The minimum atomic E-state index is 0.0297. The van der Waals surface area contributed by atoms with Gasteiger partial charge >= 0.3 is 0 Å². The summed E-state index contributed by atoms with van der Waals surface area (Å²) in [4.78, 5) is 0. The quantitative estimate of drug-likeness (QED) is 0.922. The molecule has 0 aliphatic carbocycles. The average molecular weight is 324 g/mol. The van der Waals surface area contributed by atoms with Gasteiger partial charge in [0.2, 0.25) is 0 Å². The molecule has 1 atom stereocenters. The van der Waals surface area contributed by atoms with E-state index < -0.39 is 0 Å². The van der Waals surface area contributed by atoms with E-state index in [0.29, 0.717) is 19.0 Å². The van der Waals surface area contributed by atoms with Gasteiger partial charge in [-0.25, -0.2) is 4.68 Å². The van der Waals surface area contributed by atoms with Crippen molar-refractivity contribution < 1.29 is 9.47 Å². The van der Waals surface area contributed by atoms with Crippen LogP contribution in [0.15, 0.2) is 28.9 Å². The largest absolute Gasteiger partial charge is 0.486 e. The van der Waals surface area contributed by atoms with E-state index in [1.165, 1.54) is 0 Å². The number of aromatic nitrogens is 2. The highest BCUT2D eigenvalue weighted by Gasteiger charge is 2.17. The molecule has 1 aliphatic heterocycles. The third kappa shape index (κ3) is 2.16. The van der Waals surface area contributed by atoms with Crippen LogP contribution in [0, 0.1) is 0 Å². The molecule has 0 spiro atoms. The molecule has 0 saturated heterocycles. The molecule has 0 radical (unpaired) electrons. The van der Waals surface area contributed by atoms with Crippen LogP contribution in [0.5, 0.6) is 11.5 Å². The first kappa shape index (κ1) is 12.3. The first-order valence-electron chi connectivity index (χ1n) is 6.05. The Balaban J connectivity index is 1.95. The van der Waals surface area contributed by atoms with Crippen LogP contribution in [-0.2, 0) is 0 Å². The molecule has 0 bridgehead atoms. The van der Waals surface area contributed by atoms with Gasteiger partial charge in [-0.05, 0) is 40.5 Å². The van der Waals surface area contributed by atoms with Crippen molar-refractivity contribution in [2.45, 2.75) is 13.0 Å². The smallest absolute Gasteiger partial charge is 0.161 e. The second kappa shape index (κ2) is 4.77. The van der Waals surface area contributed by atoms with Crippen LogP contribution in [-0.4, -0.2) is 23.0 Å². The zero-order valence-electron chi connectivity index (χ0n) is 10.5. The minimum Gasteiger partial charge on any atom is -0.486 e. The standard InChI is InChI=1S/C13H14BrN3O2/c1-8(17-13(15)10(14)7-16-17)9-2-3-11-12(6-9)19-5-4-18-11/h2-3,6-8H,4-5,15H2,1H3. The highest BCUT2D eigenvalue weighted by molar-refractivity contribution is 9.10. The van der Waals surface area contributed by atoms with Gasteiger partial charge in [0, 0.05) is 0 Å². The highest BCUT2D eigenvalue weighted by Crippen LogP contribution is 2.34. The van der Waals surface area contributed by atoms with E-state index in [1.54, 1.807) is 10.9 Å². The second-order valence-corrected chi connectivity index (χ2v) is 5.26. The second-order valence-electron chi connectivity index (χ2n) is 4.40. The summed E-state index contributed by atoms with van der Waals surface area (Å²) in [6.45, 7) is 3.22. The molecule has 0 amide bonds. The van der Waals surface area contributed by atoms with Crippen molar-refractivity contribution in [1.29, 1.82) is 0 Å². The topological polar surface area (TPSA) is 62.3 Å². The predicted octanol–water partition coefficient (Wildman–Crippen LogP) is 2.61. The van der Waals surface area contributed by atoms with Gasteiger partial charge in [-0.3, -0.25) is 0 Å². The third-order valence-corrected chi connectivity index (χ3v) is 3.81. The molecular formula is C13H14BrN3O2. The molecule has 3 rings (SSSR count). The summed E-state index contributed by atoms with van der Waals surface area (Å²) >= 11 is 3.36. The summed E-state index contributed by atoms with van der Waals surface area (Å²) in [5.74, 6) is 2.18. The fourth-order valence-corrected chi connectivity index (χ4v) is 2.39. The van der Waals surface area contributed by atoms with E-state index >= 15 is 0 Å². The number of fused-ring (bicyclic) bond motifs is 1. The van der Waals surface area contributed by atoms with Crippen molar-refractivity contribution in [2.75, 3.05) is 18.9 Å². The van der Waals surface area contributed by atoms with Gasteiger partial charge in [0.1, 0.15) is 19.0 Å². The summed E-state index contributed by atoms with van der Waals surface area (Å²) in [7, 11) is 0. The van der Waals surface area contributed by atoms with E-state index in [2.05, 4.69) is 21.0 Å². The fraction of sp³-hybridized carbons (Fsp3) is 0.308. The third-order valence-electron chi connectivity index (χ3n) is 3.20. The molecule has 1 unspecified atom stereocenters. The molecule has 100 valence electrons. The average Bonchev–Trinajstić information content (AvgIpc) is 2.78. The molecule has 0 saturated carbocycles. The molecule has 19 heavy (non-hydrogen) atoms. The molecule has 5 nitrogen and oxygen atoms in total. The van der Waals surface area contributed by atoms with Crippen molar-refractivity contribution in [1.82, 2.24) is 9.78 Å². The molecule has 2 N–H and O–H groups in total. The molecule has 1 aliphatic rings. The van der Waals surface area contributed by atoms with Crippen molar-refractivity contribution in [3.05, 3.63) is 34.4 Å². The molecule has 0 fully saturated rings. The van der Waals surface area contributed by atoms with Crippen LogP contribution in [0.1, 0.15) is 18.5 Å². The lowest BCUT2D eigenvalue weighted by Crippen LogP contribution is -2.16. The number of halogens is 1. The molecular weight excluding hydrogens is 310 g/mol. The fourth-order valence-electron chi connectivity index (χ4n) is 2.12. The van der Waals surface area contributed by atoms with Gasteiger partial charge in [0.25, 0.3) is 0 Å². The van der Waals surface area contributed by atoms with Crippen molar-refractivity contribution in [3.63, 3.8) is 0 Å². The van der Waals surface area contributed by atoms with Gasteiger partial charge in [0.05, 0.1) is 16.7 Å². The first-order valence-corrected chi connectivity index (χ1v) is 6.84. The minimum absolute atomic E-state index is 0.0297. The number of nitrogens with two attached hydrogens (primary N) is 1. The van der Waals surface area contributed by atoms with Gasteiger partial charge in [-0.2, -0.15) is 5.10 Å². The maximum Gasteiger partial charge on any atom is 0.161 e. The summed E-state index contributed by atoms with van der Waals surface area (Å²) in [5.41, 5.74) is 7.05. The molecule has 1 aromatic heterocycles. The lowest BCUT2D eigenvalue weighted by molar-refractivity contribution is 0.171. The normalized spacial score (nSPS) is 15.3. The number of rotatable bonds is 2. The van der Waals surface area contributed by atoms with Gasteiger partial charge in [-0.1, -0.05) is 6.07 Å². The summed E-state index contributed by atoms with van der Waals surface area (Å²) in [6, 6.07) is 5.94. The maximum atomic E-state index is 5.98. The van der Waals surface area contributed by atoms with Crippen LogP contribution < -0.4 is 15.2 Å². The number of nitrogen functional groups attached to an aromatic ring is 1. The summed E-state index contributed by atoms with van der Waals surface area (Å²) in [5, 5.41) is 4.28. The van der Waals surface area contributed by atoms with E-state index in [1.807, 2.05) is 25.1 Å². The Morgan fingerprint density at radius 2 is 2.05 bits per heavy atom. The number of hydrogen-bond acceptors (Lipinski definition) is 4. The number of benzene rings is 1. The van der Waals surface area contributed by atoms with E-state index in [4.69, 9.17) is 15.2 Å². The lowest BCUT2D eigenvalue weighted by atomic mass is 10.1. The Kier molecular flexibility index (Phi) is 3.10. The summed E-state index contributed by atoms with van der Waals surface area (Å²) < 4.78 is 13.7. The van der Waals surface area contributed by atoms with Gasteiger partial charge in [-0.15, -0.1) is 0 Å². The Bertz CT molecular complexity index is 612. The van der Waals surface area contributed by atoms with Crippen LogP contribution in [0.2, 0.25) is 0 Å². The Morgan fingerprint density at radius 3 is 2.74 bits per heavy atom. The Hall–Kier alpha value is -1.69.